The van der Waals surface area contributed by atoms with Crippen LogP contribution < -0.4 is 4.74 Å². The van der Waals surface area contributed by atoms with Gasteiger partial charge in [0.05, 0.1) is 6.61 Å². The fourth-order valence-corrected chi connectivity index (χ4v) is 8.07. The number of hydrogen-bond acceptors (Lipinski definition) is 2. The predicted molar refractivity (Wildman–Crippen MR) is 150 cm³/mol. The van der Waals surface area contributed by atoms with Gasteiger partial charge in [0.2, 0.25) is 0 Å². The Labute approximate surface area is 217 Å². The Morgan fingerprint density at radius 2 is 1.26 bits per heavy atom. The van der Waals surface area contributed by atoms with Gasteiger partial charge in [-0.3, -0.25) is 0 Å². The Morgan fingerprint density at radius 3 is 1.69 bits per heavy atom. The molecule has 2 aliphatic rings. The summed E-state index contributed by atoms with van der Waals surface area (Å²) in [5.74, 6) is 6.29. The van der Waals surface area contributed by atoms with Crippen molar-refractivity contribution in [1.82, 2.24) is 0 Å². The van der Waals surface area contributed by atoms with Crippen molar-refractivity contribution in [3.8, 4) is 11.5 Å². The summed E-state index contributed by atoms with van der Waals surface area (Å²) < 4.78 is 5.83. The van der Waals surface area contributed by atoms with Crippen LogP contribution in [0.15, 0.2) is 18.2 Å². The van der Waals surface area contributed by atoms with Crippen molar-refractivity contribution < 1.29 is 9.84 Å². The Balaban J connectivity index is 1.83. The van der Waals surface area contributed by atoms with Gasteiger partial charge in [0, 0.05) is 0 Å². The SMILES string of the molecule is CCOc1cc(C(C(C)CC(CC)C2CCCCC2)C(C)CC(CC)C2CCCCC2)ccc1O. The van der Waals surface area contributed by atoms with E-state index >= 15 is 0 Å². The highest BCUT2D eigenvalue weighted by atomic mass is 16.5. The maximum Gasteiger partial charge on any atom is 0.161 e. The molecule has 2 aliphatic carbocycles. The van der Waals surface area contributed by atoms with Crippen molar-refractivity contribution in [1.29, 1.82) is 0 Å². The normalized spacial score (nSPS) is 22.3. The largest absolute Gasteiger partial charge is 0.504 e. The van der Waals surface area contributed by atoms with Crippen molar-refractivity contribution >= 4 is 0 Å². The van der Waals surface area contributed by atoms with Crippen molar-refractivity contribution in [3.05, 3.63) is 23.8 Å². The van der Waals surface area contributed by atoms with Gasteiger partial charge in [-0.1, -0.05) is 111 Å². The van der Waals surface area contributed by atoms with Crippen LogP contribution in [0.5, 0.6) is 11.5 Å². The number of benzene rings is 1. The number of aromatic hydroxyl groups is 1. The third-order valence-electron chi connectivity index (χ3n) is 9.93. The van der Waals surface area contributed by atoms with Gasteiger partial charge in [-0.2, -0.15) is 0 Å². The minimum absolute atomic E-state index is 0.275. The highest BCUT2D eigenvalue weighted by Gasteiger charge is 2.33. The van der Waals surface area contributed by atoms with E-state index in [0.717, 1.165) is 23.7 Å². The fourth-order valence-electron chi connectivity index (χ4n) is 8.07. The zero-order chi connectivity index (χ0) is 25.2. The highest BCUT2D eigenvalue weighted by Crippen LogP contribution is 2.46. The molecule has 0 bridgehead atoms. The number of hydrogen-bond donors (Lipinski definition) is 1. The van der Waals surface area contributed by atoms with Gasteiger partial charge >= 0.3 is 0 Å². The summed E-state index contributed by atoms with van der Waals surface area (Å²) in [5, 5.41) is 10.4. The molecule has 35 heavy (non-hydrogen) atoms. The molecule has 1 N–H and O–H groups in total. The molecule has 0 aliphatic heterocycles. The van der Waals surface area contributed by atoms with Crippen LogP contribution >= 0.6 is 0 Å². The molecule has 0 radical (unpaired) electrons. The van der Waals surface area contributed by atoms with Crippen LogP contribution in [0.1, 0.15) is 136 Å². The van der Waals surface area contributed by atoms with Gasteiger partial charge in [0.1, 0.15) is 0 Å². The first-order valence-electron chi connectivity index (χ1n) is 15.4. The summed E-state index contributed by atoms with van der Waals surface area (Å²) in [7, 11) is 0. The lowest BCUT2D eigenvalue weighted by Gasteiger charge is -2.38. The van der Waals surface area contributed by atoms with Crippen molar-refractivity contribution in [2.45, 2.75) is 130 Å². The van der Waals surface area contributed by atoms with E-state index in [1.165, 1.54) is 95.5 Å². The molecule has 4 unspecified atom stereocenters. The van der Waals surface area contributed by atoms with Gasteiger partial charge < -0.3 is 9.84 Å². The van der Waals surface area contributed by atoms with Crippen LogP contribution in [-0.2, 0) is 0 Å². The van der Waals surface area contributed by atoms with Crippen LogP contribution in [0.25, 0.3) is 0 Å². The van der Waals surface area contributed by atoms with E-state index in [4.69, 9.17) is 4.74 Å². The number of phenolic OH excluding ortho intramolecular Hbond substituents is 1. The van der Waals surface area contributed by atoms with E-state index in [2.05, 4.69) is 39.8 Å². The Bertz CT molecular complexity index is 682. The average molecular weight is 485 g/mol. The second-order valence-corrected chi connectivity index (χ2v) is 12.2. The van der Waals surface area contributed by atoms with Gasteiger partial charge in [0.25, 0.3) is 0 Å². The quantitative estimate of drug-likeness (QED) is 0.302. The Hall–Kier alpha value is -1.18. The van der Waals surface area contributed by atoms with E-state index < -0.39 is 0 Å². The molecular weight excluding hydrogens is 428 g/mol. The van der Waals surface area contributed by atoms with Crippen molar-refractivity contribution in [3.63, 3.8) is 0 Å². The summed E-state index contributed by atoms with van der Waals surface area (Å²) in [6, 6.07) is 6.24. The molecule has 0 spiro atoms. The lowest BCUT2D eigenvalue weighted by Crippen LogP contribution is -2.27. The first-order chi connectivity index (χ1) is 17.0. The van der Waals surface area contributed by atoms with Crippen LogP contribution in [0.3, 0.4) is 0 Å². The molecule has 3 rings (SSSR count). The van der Waals surface area contributed by atoms with Crippen LogP contribution in [-0.4, -0.2) is 11.7 Å². The van der Waals surface area contributed by atoms with Crippen molar-refractivity contribution in [2.24, 2.45) is 35.5 Å². The van der Waals surface area contributed by atoms with E-state index in [1.54, 1.807) is 0 Å². The Kier molecular flexibility index (Phi) is 11.8. The predicted octanol–water partition coefficient (Wildman–Crippen LogP) is 10.1. The zero-order valence-corrected chi connectivity index (χ0v) is 23.7. The molecule has 4 atom stereocenters. The molecule has 1 aromatic carbocycles. The lowest BCUT2D eigenvalue weighted by atomic mass is 9.67. The third-order valence-corrected chi connectivity index (χ3v) is 9.93. The topological polar surface area (TPSA) is 29.5 Å². The van der Waals surface area contributed by atoms with E-state index in [-0.39, 0.29) is 5.75 Å². The number of ether oxygens (including phenoxy) is 1. The fraction of sp³-hybridized carbons (Fsp3) is 0.818. The molecule has 0 amide bonds. The van der Waals surface area contributed by atoms with Crippen molar-refractivity contribution in [2.75, 3.05) is 6.61 Å². The van der Waals surface area contributed by atoms with Gasteiger partial charge in [-0.15, -0.1) is 0 Å². The molecular formula is C33H56O2. The molecule has 0 aromatic heterocycles. The summed E-state index contributed by atoms with van der Waals surface area (Å²) >= 11 is 0. The number of phenols is 1. The summed E-state index contributed by atoms with van der Waals surface area (Å²) in [5.41, 5.74) is 1.38. The minimum Gasteiger partial charge on any atom is -0.504 e. The highest BCUT2D eigenvalue weighted by molar-refractivity contribution is 5.43. The first kappa shape index (κ1) is 28.4. The van der Waals surface area contributed by atoms with Crippen LogP contribution in [0, 0.1) is 35.5 Å². The van der Waals surface area contributed by atoms with Gasteiger partial charge in [-0.25, -0.2) is 0 Å². The molecule has 2 saturated carbocycles. The smallest absolute Gasteiger partial charge is 0.161 e. The lowest BCUT2D eigenvalue weighted by molar-refractivity contribution is 0.160. The maximum atomic E-state index is 10.4. The van der Waals surface area contributed by atoms with E-state index in [9.17, 15) is 5.11 Å². The molecule has 0 saturated heterocycles. The molecule has 2 heteroatoms. The minimum atomic E-state index is 0.275. The van der Waals surface area contributed by atoms with E-state index in [1.807, 2.05) is 13.0 Å². The molecule has 2 nitrogen and oxygen atoms in total. The molecule has 2 fully saturated rings. The second-order valence-electron chi connectivity index (χ2n) is 12.2. The van der Waals surface area contributed by atoms with Crippen LogP contribution in [0.4, 0.5) is 0 Å². The standard InChI is InChI=1S/C33H56O2/c1-6-26(28-15-11-9-12-16-28)21-24(4)33(30-19-20-31(34)32(23-30)35-8-3)25(5)22-27(7-2)29-17-13-10-14-18-29/h19-20,23-29,33-34H,6-18,21-22H2,1-5H3. The summed E-state index contributed by atoms with van der Waals surface area (Å²) in [6.45, 7) is 12.5. The van der Waals surface area contributed by atoms with E-state index in [0.29, 0.717) is 30.1 Å². The van der Waals surface area contributed by atoms with Crippen LogP contribution in [0.2, 0.25) is 0 Å². The average Bonchev–Trinajstić information content (AvgIpc) is 2.89. The monoisotopic (exact) mass is 484 g/mol. The zero-order valence-electron chi connectivity index (χ0n) is 23.7. The third kappa shape index (κ3) is 7.90. The number of rotatable bonds is 13. The summed E-state index contributed by atoms with van der Waals surface area (Å²) in [6.07, 6.45) is 19.7. The molecule has 0 heterocycles. The van der Waals surface area contributed by atoms with Gasteiger partial charge in [0.15, 0.2) is 11.5 Å². The summed E-state index contributed by atoms with van der Waals surface area (Å²) in [4.78, 5) is 0. The Morgan fingerprint density at radius 1 is 0.771 bits per heavy atom. The second kappa shape index (κ2) is 14.5. The molecule has 1 aromatic rings. The maximum absolute atomic E-state index is 10.4. The molecule has 200 valence electrons. The first-order valence-corrected chi connectivity index (χ1v) is 15.4. The van der Waals surface area contributed by atoms with Gasteiger partial charge in [-0.05, 0) is 78.9 Å².